The SMILES string of the molecule is CN1CCN(C(=O)CN(C)C[C@@H]2CCC3(CCCC3)O2)CC1. The fourth-order valence-corrected chi connectivity index (χ4v) is 4.21. The first-order chi connectivity index (χ1) is 10.6. The minimum Gasteiger partial charge on any atom is -0.370 e. The van der Waals surface area contributed by atoms with E-state index in [-0.39, 0.29) is 11.5 Å². The number of rotatable bonds is 4. The standard InChI is InChI=1S/C17H31N3O2/c1-18-9-11-20(12-10-18)16(21)14-19(2)13-15-5-8-17(22-15)6-3-4-7-17/h15H,3-14H2,1-2H3/t15-/m0/s1. The normalized spacial score (nSPS) is 28.9. The van der Waals surface area contributed by atoms with E-state index in [1.807, 2.05) is 4.90 Å². The molecule has 5 nitrogen and oxygen atoms in total. The number of hydrogen-bond donors (Lipinski definition) is 0. The van der Waals surface area contributed by atoms with Crippen molar-refractivity contribution in [2.45, 2.75) is 50.2 Å². The van der Waals surface area contributed by atoms with Crippen LogP contribution in [0.25, 0.3) is 0 Å². The van der Waals surface area contributed by atoms with E-state index in [1.54, 1.807) is 0 Å². The maximum atomic E-state index is 12.4. The molecule has 1 spiro atoms. The van der Waals surface area contributed by atoms with Gasteiger partial charge in [-0.3, -0.25) is 9.69 Å². The average molecular weight is 309 g/mol. The van der Waals surface area contributed by atoms with Crippen molar-refractivity contribution in [1.82, 2.24) is 14.7 Å². The van der Waals surface area contributed by atoms with E-state index in [0.29, 0.717) is 12.6 Å². The van der Waals surface area contributed by atoms with E-state index in [0.717, 1.165) is 39.1 Å². The van der Waals surface area contributed by atoms with Crippen molar-refractivity contribution in [3.63, 3.8) is 0 Å². The molecule has 0 N–H and O–H groups in total. The molecule has 1 aliphatic carbocycles. The molecular weight excluding hydrogens is 278 g/mol. The highest BCUT2D eigenvalue weighted by Gasteiger charge is 2.42. The maximum absolute atomic E-state index is 12.4. The minimum atomic E-state index is 0.201. The first-order valence-corrected chi connectivity index (χ1v) is 8.89. The Balaban J connectivity index is 1.41. The molecule has 0 bridgehead atoms. The van der Waals surface area contributed by atoms with Crippen LogP contribution in [-0.2, 0) is 9.53 Å². The molecule has 0 unspecified atom stereocenters. The summed E-state index contributed by atoms with van der Waals surface area (Å²) in [6.07, 6.45) is 7.84. The molecule has 1 saturated carbocycles. The second-order valence-electron chi connectivity index (χ2n) is 7.55. The van der Waals surface area contributed by atoms with Crippen molar-refractivity contribution in [2.75, 3.05) is 53.4 Å². The van der Waals surface area contributed by atoms with Crippen molar-refractivity contribution in [3.8, 4) is 0 Å². The van der Waals surface area contributed by atoms with Crippen LogP contribution in [0.2, 0.25) is 0 Å². The van der Waals surface area contributed by atoms with Gasteiger partial charge >= 0.3 is 0 Å². The van der Waals surface area contributed by atoms with Crippen LogP contribution in [0.5, 0.6) is 0 Å². The highest BCUT2D eigenvalue weighted by atomic mass is 16.5. The Hall–Kier alpha value is -0.650. The average Bonchev–Trinajstić information content (AvgIpc) is 3.10. The summed E-state index contributed by atoms with van der Waals surface area (Å²) < 4.78 is 6.35. The molecule has 2 saturated heterocycles. The maximum Gasteiger partial charge on any atom is 0.236 e. The highest BCUT2D eigenvalue weighted by molar-refractivity contribution is 5.78. The molecule has 3 aliphatic rings. The third kappa shape index (κ3) is 3.81. The van der Waals surface area contributed by atoms with Gasteiger partial charge in [-0.15, -0.1) is 0 Å². The van der Waals surface area contributed by atoms with Gasteiger partial charge in [0.1, 0.15) is 0 Å². The first-order valence-electron chi connectivity index (χ1n) is 8.89. The summed E-state index contributed by atoms with van der Waals surface area (Å²) >= 11 is 0. The topological polar surface area (TPSA) is 36.0 Å². The zero-order valence-corrected chi connectivity index (χ0v) is 14.2. The summed E-state index contributed by atoms with van der Waals surface area (Å²) in [6.45, 7) is 5.13. The monoisotopic (exact) mass is 309 g/mol. The Labute approximate surface area is 134 Å². The predicted molar refractivity (Wildman–Crippen MR) is 86.9 cm³/mol. The van der Waals surface area contributed by atoms with E-state index in [4.69, 9.17) is 4.74 Å². The molecule has 2 aliphatic heterocycles. The van der Waals surface area contributed by atoms with Gasteiger partial charge in [0.25, 0.3) is 0 Å². The van der Waals surface area contributed by atoms with Gasteiger partial charge in [-0.05, 0) is 39.8 Å². The minimum absolute atomic E-state index is 0.201. The summed E-state index contributed by atoms with van der Waals surface area (Å²) in [5.41, 5.74) is 0.201. The van der Waals surface area contributed by atoms with Gasteiger partial charge in [-0.25, -0.2) is 0 Å². The van der Waals surface area contributed by atoms with Crippen LogP contribution in [0.15, 0.2) is 0 Å². The fourth-order valence-electron chi connectivity index (χ4n) is 4.21. The van der Waals surface area contributed by atoms with Gasteiger partial charge in [0.05, 0.1) is 18.2 Å². The van der Waals surface area contributed by atoms with Gasteiger partial charge in [-0.1, -0.05) is 12.8 Å². The number of hydrogen-bond acceptors (Lipinski definition) is 4. The van der Waals surface area contributed by atoms with Crippen LogP contribution in [0, 0.1) is 0 Å². The molecule has 3 rings (SSSR count). The van der Waals surface area contributed by atoms with E-state index >= 15 is 0 Å². The molecule has 2 heterocycles. The van der Waals surface area contributed by atoms with Gasteiger partial charge < -0.3 is 14.5 Å². The summed E-state index contributed by atoms with van der Waals surface area (Å²) in [7, 11) is 4.17. The van der Waals surface area contributed by atoms with Crippen molar-refractivity contribution in [2.24, 2.45) is 0 Å². The lowest BCUT2D eigenvalue weighted by atomic mass is 9.98. The van der Waals surface area contributed by atoms with E-state index < -0.39 is 0 Å². The van der Waals surface area contributed by atoms with Crippen LogP contribution in [0.4, 0.5) is 0 Å². The number of nitrogens with zero attached hydrogens (tertiary/aromatic N) is 3. The molecule has 126 valence electrons. The zero-order chi connectivity index (χ0) is 15.6. The number of piperazine rings is 1. The Bertz CT molecular complexity index is 387. The molecule has 3 fully saturated rings. The lowest BCUT2D eigenvalue weighted by Crippen LogP contribution is -2.50. The van der Waals surface area contributed by atoms with Crippen LogP contribution < -0.4 is 0 Å². The van der Waals surface area contributed by atoms with Crippen LogP contribution >= 0.6 is 0 Å². The first kappa shape index (κ1) is 16.2. The predicted octanol–water partition coefficient (Wildman–Crippen LogP) is 1.18. The van der Waals surface area contributed by atoms with Crippen molar-refractivity contribution < 1.29 is 9.53 Å². The van der Waals surface area contributed by atoms with Gasteiger partial charge in [0.2, 0.25) is 5.91 Å². The molecule has 1 atom stereocenters. The molecule has 1 amide bonds. The third-order valence-corrected chi connectivity index (χ3v) is 5.63. The van der Waals surface area contributed by atoms with Gasteiger partial charge in [0.15, 0.2) is 0 Å². The van der Waals surface area contributed by atoms with Gasteiger partial charge in [-0.2, -0.15) is 0 Å². The summed E-state index contributed by atoms with van der Waals surface area (Å²) in [6, 6.07) is 0. The second kappa shape index (κ2) is 6.85. The van der Waals surface area contributed by atoms with Gasteiger partial charge in [0, 0.05) is 32.7 Å². The van der Waals surface area contributed by atoms with Crippen LogP contribution in [-0.4, -0.2) is 85.7 Å². The molecule has 5 heteroatoms. The fraction of sp³-hybridized carbons (Fsp3) is 0.941. The number of carbonyl (C=O) groups excluding carboxylic acids is 1. The summed E-state index contributed by atoms with van der Waals surface area (Å²) in [5, 5.41) is 0. The number of carbonyl (C=O) groups is 1. The van der Waals surface area contributed by atoms with E-state index in [2.05, 4.69) is 23.9 Å². The van der Waals surface area contributed by atoms with Crippen LogP contribution in [0.3, 0.4) is 0 Å². The Morgan fingerprint density at radius 3 is 2.55 bits per heavy atom. The molecule has 0 aromatic carbocycles. The molecule has 0 radical (unpaired) electrons. The largest absolute Gasteiger partial charge is 0.370 e. The Morgan fingerprint density at radius 2 is 1.86 bits per heavy atom. The van der Waals surface area contributed by atoms with Crippen LogP contribution in [0.1, 0.15) is 38.5 Å². The zero-order valence-electron chi connectivity index (χ0n) is 14.2. The van der Waals surface area contributed by atoms with Crippen molar-refractivity contribution in [1.29, 1.82) is 0 Å². The lowest BCUT2D eigenvalue weighted by Gasteiger charge is -2.33. The summed E-state index contributed by atoms with van der Waals surface area (Å²) in [4.78, 5) is 18.8. The molecule has 0 aromatic rings. The molecule has 22 heavy (non-hydrogen) atoms. The quantitative estimate of drug-likeness (QED) is 0.781. The van der Waals surface area contributed by atoms with E-state index in [9.17, 15) is 4.79 Å². The second-order valence-corrected chi connectivity index (χ2v) is 7.55. The van der Waals surface area contributed by atoms with Crippen molar-refractivity contribution in [3.05, 3.63) is 0 Å². The van der Waals surface area contributed by atoms with Crippen molar-refractivity contribution >= 4 is 5.91 Å². The highest BCUT2D eigenvalue weighted by Crippen LogP contribution is 2.43. The smallest absolute Gasteiger partial charge is 0.236 e. The number of amides is 1. The Kier molecular flexibility index (Phi) is 5.05. The number of ether oxygens (including phenoxy) is 1. The van der Waals surface area contributed by atoms with E-state index in [1.165, 1.54) is 32.1 Å². The lowest BCUT2D eigenvalue weighted by molar-refractivity contribution is -0.134. The molecular formula is C17H31N3O2. The number of likely N-dealkylation sites (N-methyl/N-ethyl adjacent to an activating group) is 2. The molecule has 0 aromatic heterocycles. The Morgan fingerprint density at radius 1 is 1.18 bits per heavy atom. The summed E-state index contributed by atoms with van der Waals surface area (Å²) in [5.74, 6) is 0.268. The third-order valence-electron chi connectivity index (χ3n) is 5.63.